The monoisotopic (exact) mass is 389 g/mol. The van der Waals surface area contributed by atoms with Crippen LogP contribution in [-0.4, -0.2) is 37.7 Å². The number of carbonyl (C=O) groups is 1. The second-order valence-electron chi connectivity index (χ2n) is 6.36. The minimum Gasteiger partial charge on any atom is -0.489 e. The van der Waals surface area contributed by atoms with E-state index in [2.05, 4.69) is 4.98 Å². The highest BCUT2D eigenvalue weighted by Crippen LogP contribution is 2.36. The molecule has 27 heavy (non-hydrogen) atoms. The number of fused-ring (bicyclic) bond motifs is 2. The van der Waals surface area contributed by atoms with Crippen molar-refractivity contribution < 1.29 is 22.3 Å². The zero-order chi connectivity index (χ0) is 19.2. The summed E-state index contributed by atoms with van der Waals surface area (Å²) in [6, 6.07) is 9.93. The smallest absolute Gasteiger partial charge is 0.258 e. The highest BCUT2D eigenvalue weighted by molar-refractivity contribution is 7.89. The van der Waals surface area contributed by atoms with Crippen LogP contribution in [0.1, 0.15) is 10.4 Å². The summed E-state index contributed by atoms with van der Waals surface area (Å²) in [6.07, 6.45) is 1.76. The maximum absolute atomic E-state index is 13.5. The average molecular weight is 389 g/mol. The first-order valence-electron chi connectivity index (χ1n) is 8.15. The number of anilines is 1. The lowest BCUT2D eigenvalue weighted by atomic mass is 10.1. The van der Waals surface area contributed by atoms with Gasteiger partial charge in [0.05, 0.1) is 17.5 Å². The number of aromatic nitrogens is 1. The van der Waals surface area contributed by atoms with E-state index in [1.54, 1.807) is 24.4 Å². The molecule has 7 nitrogen and oxygen atoms in total. The first-order valence-corrected chi connectivity index (χ1v) is 9.87. The van der Waals surface area contributed by atoms with Gasteiger partial charge in [0.1, 0.15) is 18.2 Å². The molecule has 3 N–H and O–H groups in total. The molecule has 1 amide bonds. The Hall–Kier alpha value is -2.91. The first kappa shape index (κ1) is 17.5. The fourth-order valence-corrected chi connectivity index (χ4v) is 4.03. The number of amides is 1. The summed E-state index contributed by atoms with van der Waals surface area (Å²) in [7, 11) is -3.86. The number of ether oxygens (including phenoxy) is 1. The third-order valence-corrected chi connectivity index (χ3v) is 5.27. The molecular weight excluding hydrogens is 373 g/mol. The molecule has 1 aliphatic heterocycles. The molecule has 3 aromatic rings. The van der Waals surface area contributed by atoms with E-state index in [9.17, 15) is 17.6 Å². The lowest BCUT2D eigenvalue weighted by molar-refractivity contribution is 0.0961. The predicted octanol–water partition coefficient (Wildman–Crippen LogP) is 2.00. The van der Waals surface area contributed by atoms with Gasteiger partial charge >= 0.3 is 0 Å². The van der Waals surface area contributed by atoms with E-state index in [1.165, 1.54) is 17.0 Å². The second kappa shape index (κ2) is 6.36. The van der Waals surface area contributed by atoms with E-state index >= 15 is 0 Å². The molecule has 9 heteroatoms. The van der Waals surface area contributed by atoms with Gasteiger partial charge in [0.25, 0.3) is 5.91 Å². The molecular formula is C18H16FN3O4S. The molecule has 0 saturated heterocycles. The van der Waals surface area contributed by atoms with Crippen LogP contribution in [0.25, 0.3) is 10.9 Å². The van der Waals surface area contributed by atoms with Gasteiger partial charge in [-0.15, -0.1) is 0 Å². The number of hydrogen-bond acceptors (Lipinski definition) is 4. The molecule has 1 aromatic heterocycles. The molecule has 0 fully saturated rings. The summed E-state index contributed by atoms with van der Waals surface area (Å²) in [5.41, 5.74) is 1.44. The van der Waals surface area contributed by atoms with Crippen LogP contribution in [-0.2, 0) is 10.0 Å². The SMILES string of the molecule is NS(=O)(=O)C[C@H]1COc2cc(F)ccc2N1C(=O)c1ccc2cc[nH]c2c1. The van der Waals surface area contributed by atoms with Crippen LogP contribution < -0.4 is 14.8 Å². The maximum atomic E-state index is 13.5. The number of nitrogens with zero attached hydrogens (tertiary/aromatic N) is 1. The van der Waals surface area contributed by atoms with E-state index in [0.717, 1.165) is 17.0 Å². The summed E-state index contributed by atoms with van der Waals surface area (Å²) in [5, 5.41) is 6.13. The summed E-state index contributed by atoms with van der Waals surface area (Å²) in [6.45, 7) is -0.108. The van der Waals surface area contributed by atoms with Gasteiger partial charge in [-0.25, -0.2) is 17.9 Å². The Balaban J connectivity index is 1.80. The molecule has 140 valence electrons. The summed E-state index contributed by atoms with van der Waals surface area (Å²) < 4.78 is 42.3. The average Bonchev–Trinajstić information content (AvgIpc) is 3.07. The second-order valence-corrected chi connectivity index (χ2v) is 8.02. The molecule has 0 radical (unpaired) electrons. The van der Waals surface area contributed by atoms with E-state index in [4.69, 9.17) is 9.88 Å². The highest BCUT2D eigenvalue weighted by atomic mass is 32.2. The molecule has 0 bridgehead atoms. The van der Waals surface area contributed by atoms with Crippen LogP contribution in [0.15, 0.2) is 48.7 Å². The lowest BCUT2D eigenvalue weighted by Crippen LogP contribution is -2.51. The molecule has 0 saturated carbocycles. The van der Waals surface area contributed by atoms with Crippen molar-refractivity contribution in [1.29, 1.82) is 0 Å². The number of rotatable bonds is 3. The third-order valence-electron chi connectivity index (χ3n) is 4.42. The number of H-pyrrole nitrogens is 1. The Labute approximate surface area is 154 Å². The Morgan fingerprint density at radius 1 is 1.26 bits per heavy atom. The van der Waals surface area contributed by atoms with Crippen LogP contribution in [0.4, 0.5) is 10.1 Å². The molecule has 1 aliphatic rings. The van der Waals surface area contributed by atoms with Gasteiger partial charge in [-0.05, 0) is 35.7 Å². The van der Waals surface area contributed by atoms with Gasteiger partial charge in [-0.3, -0.25) is 9.69 Å². The molecule has 2 aromatic carbocycles. The standard InChI is InChI=1S/C18H16FN3O4S/c19-13-3-4-16-17(8-13)26-9-14(10-27(20,24)25)22(16)18(23)12-2-1-11-5-6-21-15(11)7-12/h1-8,14,21H,9-10H2,(H2,20,24,25)/t14-/m1/s1. The molecule has 0 unspecified atom stereocenters. The maximum Gasteiger partial charge on any atom is 0.258 e. The normalized spacial score (nSPS) is 16.8. The molecule has 4 rings (SSSR count). The number of primary sulfonamides is 1. The van der Waals surface area contributed by atoms with Crippen molar-refractivity contribution in [2.45, 2.75) is 6.04 Å². The molecule has 2 heterocycles. The van der Waals surface area contributed by atoms with Crippen LogP contribution in [0.3, 0.4) is 0 Å². The first-order chi connectivity index (χ1) is 12.8. The van der Waals surface area contributed by atoms with Crippen molar-refractivity contribution in [2.75, 3.05) is 17.3 Å². The van der Waals surface area contributed by atoms with Crippen molar-refractivity contribution in [2.24, 2.45) is 5.14 Å². The Morgan fingerprint density at radius 2 is 2.07 bits per heavy atom. The van der Waals surface area contributed by atoms with E-state index in [-0.39, 0.29) is 12.4 Å². The summed E-state index contributed by atoms with van der Waals surface area (Å²) in [5.74, 6) is -1.23. The van der Waals surface area contributed by atoms with Crippen LogP contribution in [0, 0.1) is 5.82 Å². The lowest BCUT2D eigenvalue weighted by Gasteiger charge is -2.36. The fourth-order valence-electron chi connectivity index (χ4n) is 3.25. The topological polar surface area (TPSA) is 105 Å². The van der Waals surface area contributed by atoms with E-state index < -0.39 is 33.5 Å². The quantitative estimate of drug-likeness (QED) is 0.715. The van der Waals surface area contributed by atoms with Gasteiger partial charge in [0.15, 0.2) is 0 Å². The number of carbonyl (C=O) groups excluding carboxylic acids is 1. The molecule has 1 atom stereocenters. The zero-order valence-corrected chi connectivity index (χ0v) is 14.9. The largest absolute Gasteiger partial charge is 0.489 e. The van der Waals surface area contributed by atoms with Crippen molar-refractivity contribution in [3.05, 3.63) is 60.0 Å². The van der Waals surface area contributed by atoms with Crippen LogP contribution in [0.5, 0.6) is 5.75 Å². The van der Waals surface area contributed by atoms with Gasteiger partial charge in [0, 0.05) is 23.3 Å². The van der Waals surface area contributed by atoms with E-state index in [1.807, 2.05) is 6.07 Å². The fraction of sp³-hybridized carbons (Fsp3) is 0.167. The Morgan fingerprint density at radius 3 is 2.85 bits per heavy atom. The number of nitrogens with two attached hydrogens (primary N) is 1. The van der Waals surface area contributed by atoms with Crippen molar-refractivity contribution in [1.82, 2.24) is 4.98 Å². The number of halogens is 1. The van der Waals surface area contributed by atoms with Gasteiger partial charge in [-0.1, -0.05) is 6.07 Å². The Bertz CT molecular complexity index is 1140. The van der Waals surface area contributed by atoms with Crippen LogP contribution >= 0.6 is 0 Å². The van der Waals surface area contributed by atoms with Crippen molar-refractivity contribution in [3.8, 4) is 5.75 Å². The van der Waals surface area contributed by atoms with E-state index in [0.29, 0.717) is 11.3 Å². The van der Waals surface area contributed by atoms with Crippen molar-refractivity contribution >= 4 is 32.5 Å². The number of benzene rings is 2. The summed E-state index contributed by atoms with van der Waals surface area (Å²) in [4.78, 5) is 17.6. The predicted molar refractivity (Wildman–Crippen MR) is 98.8 cm³/mol. The number of sulfonamides is 1. The van der Waals surface area contributed by atoms with Crippen molar-refractivity contribution in [3.63, 3.8) is 0 Å². The van der Waals surface area contributed by atoms with Gasteiger partial charge < -0.3 is 9.72 Å². The third kappa shape index (κ3) is 3.38. The van der Waals surface area contributed by atoms with Crippen LogP contribution in [0.2, 0.25) is 0 Å². The zero-order valence-electron chi connectivity index (χ0n) is 14.1. The number of hydrogen-bond donors (Lipinski definition) is 2. The highest BCUT2D eigenvalue weighted by Gasteiger charge is 2.35. The van der Waals surface area contributed by atoms with Gasteiger partial charge in [-0.2, -0.15) is 0 Å². The molecule has 0 spiro atoms. The van der Waals surface area contributed by atoms with Gasteiger partial charge in [0.2, 0.25) is 10.0 Å². The minimum atomic E-state index is -3.86. The number of aromatic amines is 1. The Kier molecular flexibility index (Phi) is 4.12. The minimum absolute atomic E-state index is 0.108. The molecule has 0 aliphatic carbocycles. The summed E-state index contributed by atoms with van der Waals surface area (Å²) >= 11 is 0. The number of nitrogens with one attached hydrogen (secondary N) is 1.